The molecule has 0 atom stereocenters. The third kappa shape index (κ3) is 3.31. The number of benzene rings is 1. The lowest BCUT2D eigenvalue weighted by Crippen LogP contribution is -2.29. The minimum absolute atomic E-state index is 0. The van der Waals surface area contributed by atoms with E-state index in [2.05, 4.69) is 4.72 Å². The maximum absolute atomic E-state index is 11.2. The van der Waals surface area contributed by atoms with Crippen molar-refractivity contribution in [3.05, 3.63) is 30.3 Å². The van der Waals surface area contributed by atoms with Crippen LogP contribution in [0.25, 0.3) is 0 Å². The molecule has 0 saturated carbocycles. The smallest absolute Gasteiger partial charge is 0.241 e. The summed E-state index contributed by atoms with van der Waals surface area (Å²) in [5.74, 6) is 0. The fourth-order valence-electron chi connectivity index (χ4n) is 0.793. The summed E-state index contributed by atoms with van der Waals surface area (Å²) in [6, 6.07) is 8.09. The summed E-state index contributed by atoms with van der Waals surface area (Å²) in [5, 5.41) is 0. The highest BCUT2D eigenvalue weighted by Gasteiger charge is 2.10. The van der Waals surface area contributed by atoms with Crippen LogP contribution in [-0.4, -0.2) is 15.1 Å². The van der Waals surface area contributed by atoms with Crippen LogP contribution in [0.15, 0.2) is 35.2 Å². The van der Waals surface area contributed by atoms with Gasteiger partial charge in [-0.1, -0.05) is 18.2 Å². The lowest BCUT2D eigenvalue weighted by atomic mass is 10.4. The van der Waals surface area contributed by atoms with E-state index in [0.717, 1.165) is 0 Å². The SMILES string of the molecule is Cl.NCNS(=O)(=O)c1ccccc1. The molecule has 1 aromatic rings. The maximum atomic E-state index is 11.2. The summed E-state index contributed by atoms with van der Waals surface area (Å²) in [7, 11) is -3.39. The monoisotopic (exact) mass is 222 g/mol. The first-order valence-corrected chi connectivity index (χ1v) is 4.90. The summed E-state index contributed by atoms with van der Waals surface area (Å²) >= 11 is 0. The van der Waals surface area contributed by atoms with E-state index < -0.39 is 10.0 Å². The number of hydrogen-bond acceptors (Lipinski definition) is 3. The first-order chi connectivity index (χ1) is 5.67. The zero-order valence-corrected chi connectivity index (χ0v) is 8.44. The quantitative estimate of drug-likeness (QED) is 0.723. The number of halogens is 1. The predicted molar refractivity (Wildman–Crippen MR) is 53.1 cm³/mol. The highest BCUT2D eigenvalue weighted by Crippen LogP contribution is 2.05. The molecule has 13 heavy (non-hydrogen) atoms. The average molecular weight is 223 g/mol. The van der Waals surface area contributed by atoms with Gasteiger partial charge in [0.25, 0.3) is 0 Å². The third-order valence-electron chi connectivity index (χ3n) is 1.33. The molecule has 74 valence electrons. The van der Waals surface area contributed by atoms with Gasteiger partial charge in [-0.3, -0.25) is 0 Å². The Kier molecular flexibility index (Phi) is 4.94. The molecule has 0 bridgehead atoms. The molecular formula is C7H11ClN2O2S. The molecule has 0 amide bonds. The molecule has 3 N–H and O–H groups in total. The Morgan fingerprint density at radius 1 is 1.23 bits per heavy atom. The minimum atomic E-state index is -3.39. The Morgan fingerprint density at radius 3 is 2.23 bits per heavy atom. The molecule has 4 nitrogen and oxygen atoms in total. The van der Waals surface area contributed by atoms with Crippen LogP contribution in [-0.2, 0) is 10.0 Å². The van der Waals surface area contributed by atoms with Crippen LogP contribution in [0.1, 0.15) is 0 Å². The van der Waals surface area contributed by atoms with E-state index in [9.17, 15) is 8.42 Å². The summed E-state index contributed by atoms with van der Waals surface area (Å²) in [6.07, 6.45) is 0. The lowest BCUT2D eigenvalue weighted by molar-refractivity contribution is 0.583. The Labute approximate surface area is 83.6 Å². The van der Waals surface area contributed by atoms with Gasteiger partial charge in [-0.05, 0) is 12.1 Å². The summed E-state index contributed by atoms with van der Waals surface area (Å²) < 4.78 is 24.7. The number of rotatable bonds is 3. The van der Waals surface area contributed by atoms with Gasteiger partial charge < -0.3 is 5.73 Å². The Morgan fingerprint density at radius 2 is 1.77 bits per heavy atom. The van der Waals surface area contributed by atoms with E-state index in [-0.39, 0.29) is 24.0 Å². The van der Waals surface area contributed by atoms with Crippen molar-refractivity contribution in [1.29, 1.82) is 0 Å². The third-order valence-corrected chi connectivity index (χ3v) is 2.77. The Balaban J connectivity index is 0.00000144. The van der Waals surface area contributed by atoms with Crippen molar-refractivity contribution in [2.24, 2.45) is 5.73 Å². The maximum Gasteiger partial charge on any atom is 0.241 e. The van der Waals surface area contributed by atoms with Gasteiger partial charge in [-0.25, -0.2) is 8.42 Å². The van der Waals surface area contributed by atoms with Crippen molar-refractivity contribution in [2.75, 3.05) is 6.67 Å². The van der Waals surface area contributed by atoms with Crippen LogP contribution < -0.4 is 10.5 Å². The molecule has 0 heterocycles. The van der Waals surface area contributed by atoms with Crippen molar-refractivity contribution in [3.63, 3.8) is 0 Å². The molecule has 0 saturated heterocycles. The molecule has 1 aromatic carbocycles. The van der Waals surface area contributed by atoms with Gasteiger partial charge in [0.15, 0.2) is 0 Å². The van der Waals surface area contributed by atoms with E-state index in [1.165, 1.54) is 12.1 Å². The Bertz CT molecular complexity index is 339. The van der Waals surface area contributed by atoms with E-state index in [4.69, 9.17) is 5.73 Å². The van der Waals surface area contributed by atoms with Gasteiger partial charge in [0.2, 0.25) is 10.0 Å². The fourth-order valence-corrected chi connectivity index (χ4v) is 1.69. The lowest BCUT2D eigenvalue weighted by Gasteiger charge is -2.02. The molecule has 0 spiro atoms. The van der Waals surface area contributed by atoms with Crippen LogP contribution >= 0.6 is 12.4 Å². The number of nitrogens with two attached hydrogens (primary N) is 1. The molecule has 0 aromatic heterocycles. The minimum Gasteiger partial charge on any atom is -0.318 e. The zero-order valence-electron chi connectivity index (χ0n) is 6.80. The van der Waals surface area contributed by atoms with E-state index in [1.807, 2.05) is 0 Å². The fraction of sp³-hybridized carbons (Fsp3) is 0.143. The van der Waals surface area contributed by atoms with E-state index in [0.29, 0.717) is 0 Å². The molecule has 0 aliphatic rings. The first-order valence-electron chi connectivity index (χ1n) is 3.41. The van der Waals surface area contributed by atoms with Crippen molar-refractivity contribution in [2.45, 2.75) is 4.90 Å². The number of hydrogen-bond donors (Lipinski definition) is 2. The van der Waals surface area contributed by atoms with Crippen LogP contribution in [0.2, 0.25) is 0 Å². The molecule has 6 heteroatoms. The highest BCUT2D eigenvalue weighted by molar-refractivity contribution is 7.89. The zero-order chi connectivity index (χ0) is 9.03. The standard InChI is InChI=1S/C7H10N2O2S.ClH/c8-6-9-12(10,11)7-4-2-1-3-5-7;/h1-5,9H,6,8H2;1H. The van der Waals surface area contributed by atoms with Crippen LogP contribution in [0.4, 0.5) is 0 Å². The van der Waals surface area contributed by atoms with E-state index >= 15 is 0 Å². The normalized spacial score (nSPS) is 10.5. The second kappa shape index (κ2) is 5.18. The number of sulfonamides is 1. The summed E-state index contributed by atoms with van der Waals surface area (Å²) in [6.45, 7) is -0.0861. The van der Waals surface area contributed by atoms with Gasteiger partial charge in [0, 0.05) is 0 Å². The molecule has 0 radical (unpaired) electrons. The molecule has 0 aliphatic heterocycles. The topological polar surface area (TPSA) is 72.2 Å². The van der Waals surface area contributed by atoms with Gasteiger partial charge in [0.05, 0.1) is 11.6 Å². The van der Waals surface area contributed by atoms with Gasteiger partial charge in [-0.2, -0.15) is 4.72 Å². The second-order valence-corrected chi connectivity index (χ2v) is 3.93. The van der Waals surface area contributed by atoms with E-state index in [1.54, 1.807) is 18.2 Å². The molecular weight excluding hydrogens is 212 g/mol. The molecule has 0 fully saturated rings. The van der Waals surface area contributed by atoms with Crippen LogP contribution in [0.5, 0.6) is 0 Å². The predicted octanol–water partition coefficient (Wildman–Crippen LogP) is 0.303. The summed E-state index contributed by atoms with van der Waals surface area (Å²) in [4.78, 5) is 0.232. The van der Waals surface area contributed by atoms with Crippen molar-refractivity contribution < 1.29 is 8.42 Å². The second-order valence-electron chi connectivity index (χ2n) is 2.16. The highest BCUT2D eigenvalue weighted by atomic mass is 35.5. The van der Waals surface area contributed by atoms with Gasteiger partial charge in [0.1, 0.15) is 0 Å². The Hall–Kier alpha value is -0.620. The average Bonchev–Trinajstić information content (AvgIpc) is 2.06. The molecule has 0 unspecified atom stereocenters. The first kappa shape index (κ1) is 12.4. The molecule has 0 aliphatic carbocycles. The largest absolute Gasteiger partial charge is 0.318 e. The van der Waals surface area contributed by atoms with Gasteiger partial charge in [-0.15, -0.1) is 12.4 Å². The van der Waals surface area contributed by atoms with Crippen molar-refractivity contribution in [1.82, 2.24) is 4.72 Å². The number of nitrogens with one attached hydrogen (secondary N) is 1. The molecule has 1 rings (SSSR count). The van der Waals surface area contributed by atoms with Crippen LogP contribution in [0.3, 0.4) is 0 Å². The van der Waals surface area contributed by atoms with Gasteiger partial charge >= 0.3 is 0 Å². The van der Waals surface area contributed by atoms with Crippen molar-refractivity contribution in [3.8, 4) is 0 Å². The van der Waals surface area contributed by atoms with Crippen molar-refractivity contribution >= 4 is 22.4 Å². The summed E-state index contributed by atoms with van der Waals surface area (Å²) in [5.41, 5.74) is 5.06. The van der Waals surface area contributed by atoms with Crippen LogP contribution in [0, 0.1) is 0 Å².